The van der Waals surface area contributed by atoms with Crippen molar-refractivity contribution in [2.24, 2.45) is 0 Å². The van der Waals surface area contributed by atoms with Gasteiger partial charge in [-0.15, -0.1) is 0 Å². The summed E-state index contributed by atoms with van der Waals surface area (Å²) in [6.07, 6.45) is 1.54. The summed E-state index contributed by atoms with van der Waals surface area (Å²) in [5, 5.41) is 15.6. The van der Waals surface area contributed by atoms with E-state index in [1.807, 2.05) is 0 Å². The van der Waals surface area contributed by atoms with Gasteiger partial charge in [-0.2, -0.15) is 0 Å². The Morgan fingerprint density at radius 3 is 2.75 bits per heavy atom. The highest BCUT2D eigenvalue weighted by molar-refractivity contribution is 5.73. The number of halogens is 1. The van der Waals surface area contributed by atoms with Crippen molar-refractivity contribution in [1.82, 2.24) is 9.97 Å². The molecule has 0 unspecified atom stereocenters. The van der Waals surface area contributed by atoms with Crippen molar-refractivity contribution in [2.75, 3.05) is 10.6 Å². The van der Waals surface area contributed by atoms with Gasteiger partial charge < -0.3 is 10.6 Å². The van der Waals surface area contributed by atoms with E-state index in [1.54, 1.807) is 0 Å². The first-order chi connectivity index (χ1) is 9.61. The Balaban J connectivity index is 2.37. The average molecular weight is 277 g/mol. The van der Waals surface area contributed by atoms with Crippen LogP contribution in [0.5, 0.6) is 0 Å². The van der Waals surface area contributed by atoms with E-state index in [2.05, 4.69) is 20.6 Å². The molecule has 0 fully saturated rings. The second-order valence-electron chi connectivity index (χ2n) is 3.57. The molecule has 2 N–H and O–H groups in total. The molecule has 2 aromatic rings. The molecule has 2 rings (SSSR count). The van der Waals surface area contributed by atoms with Crippen molar-refractivity contribution in [3.8, 4) is 0 Å². The minimum absolute atomic E-state index is 0.109. The molecular weight excluding hydrogens is 269 g/mol. The van der Waals surface area contributed by atoms with E-state index in [9.17, 15) is 19.3 Å². The topological polar surface area (TPSA) is 110 Å². The number of amides is 1. The Morgan fingerprint density at radius 2 is 2.05 bits per heavy atom. The van der Waals surface area contributed by atoms with Crippen LogP contribution in [0.2, 0.25) is 0 Å². The minimum atomic E-state index is -0.789. The predicted molar refractivity (Wildman–Crippen MR) is 68.1 cm³/mol. The molecular formula is C11H8FN5O3. The first kappa shape index (κ1) is 13.3. The number of hydrogen-bond acceptors (Lipinski definition) is 6. The lowest BCUT2D eigenvalue weighted by Crippen LogP contribution is -2.03. The van der Waals surface area contributed by atoms with Gasteiger partial charge in [0.15, 0.2) is 11.5 Å². The number of nitro groups is 1. The number of carbonyl (C=O) groups excluding carboxylic acids is 1. The Morgan fingerprint density at radius 1 is 1.30 bits per heavy atom. The van der Waals surface area contributed by atoms with Crippen molar-refractivity contribution in [1.29, 1.82) is 0 Å². The van der Waals surface area contributed by atoms with Gasteiger partial charge >= 0.3 is 0 Å². The highest BCUT2D eigenvalue weighted by Crippen LogP contribution is 2.29. The normalized spacial score (nSPS) is 9.85. The van der Waals surface area contributed by atoms with E-state index in [0.717, 1.165) is 18.5 Å². The third kappa shape index (κ3) is 2.83. The molecule has 9 heteroatoms. The minimum Gasteiger partial charge on any atom is -0.332 e. The summed E-state index contributed by atoms with van der Waals surface area (Å²) in [4.78, 5) is 28.0. The monoisotopic (exact) mass is 277 g/mol. The number of benzene rings is 1. The fourth-order valence-electron chi connectivity index (χ4n) is 1.48. The lowest BCUT2D eigenvalue weighted by molar-refractivity contribution is -0.384. The van der Waals surface area contributed by atoms with Gasteiger partial charge in [-0.25, -0.2) is 14.4 Å². The molecule has 0 saturated heterocycles. The van der Waals surface area contributed by atoms with Crippen LogP contribution >= 0.6 is 0 Å². The highest BCUT2D eigenvalue weighted by Gasteiger charge is 2.18. The van der Waals surface area contributed by atoms with Gasteiger partial charge in [0.05, 0.1) is 4.92 Å². The number of aromatic nitrogens is 2. The quantitative estimate of drug-likeness (QED) is 0.490. The summed E-state index contributed by atoms with van der Waals surface area (Å²) in [5.41, 5.74) is -0.734. The van der Waals surface area contributed by atoms with Gasteiger partial charge in [-0.05, 0) is 6.07 Å². The zero-order valence-electron chi connectivity index (χ0n) is 9.91. The zero-order chi connectivity index (χ0) is 14.5. The van der Waals surface area contributed by atoms with E-state index in [0.29, 0.717) is 6.41 Å². The van der Waals surface area contributed by atoms with Gasteiger partial charge in [-0.1, -0.05) is 6.07 Å². The maximum Gasteiger partial charge on any atom is 0.295 e. The van der Waals surface area contributed by atoms with Gasteiger partial charge in [0.25, 0.3) is 5.69 Å². The van der Waals surface area contributed by atoms with Crippen LogP contribution in [-0.4, -0.2) is 21.3 Å². The molecule has 20 heavy (non-hydrogen) atoms. The Bertz CT molecular complexity index is 664. The molecule has 1 amide bonds. The molecule has 0 saturated carbocycles. The number of anilines is 3. The fraction of sp³-hybridized carbons (Fsp3) is 0. The van der Waals surface area contributed by atoms with Crippen LogP contribution in [0.4, 0.5) is 27.4 Å². The second kappa shape index (κ2) is 5.69. The summed E-state index contributed by atoms with van der Waals surface area (Å²) < 4.78 is 13.7. The fourth-order valence-corrected chi connectivity index (χ4v) is 1.48. The van der Waals surface area contributed by atoms with Gasteiger partial charge in [0, 0.05) is 12.1 Å². The van der Waals surface area contributed by atoms with Gasteiger partial charge in [-0.3, -0.25) is 14.9 Å². The van der Waals surface area contributed by atoms with Crippen LogP contribution in [0.3, 0.4) is 0 Å². The number of rotatable bonds is 5. The predicted octanol–water partition coefficient (Wildman–Crippen LogP) is 1.84. The number of nitro benzene ring substituents is 1. The number of carbonyl (C=O) groups is 1. The van der Waals surface area contributed by atoms with Crippen LogP contribution in [-0.2, 0) is 4.79 Å². The van der Waals surface area contributed by atoms with E-state index < -0.39 is 16.4 Å². The van der Waals surface area contributed by atoms with Crippen molar-refractivity contribution in [3.05, 3.63) is 46.5 Å². The number of nitrogens with zero attached hydrogens (tertiary/aromatic N) is 3. The van der Waals surface area contributed by atoms with Gasteiger partial charge in [0.2, 0.25) is 6.41 Å². The van der Waals surface area contributed by atoms with Crippen LogP contribution in [0.25, 0.3) is 0 Å². The molecule has 0 aliphatic rings. The maximum absolute atomic E-state index is 13.7. The van der Waals surface area contributed by atoms with Crippen molar-refractivity contribution in [3.63, 3.8) is 0 Å². The van der Waals surface area contributed by atoms with E-state index >= 15 is 0 Å². The zero-order valence-corrected chi connectivity index (χ0v) is 9.91. The molecule has 0 spiro atoms. The summed E-state index contributed by atoms with van der Waals surface area (Å²) in [7, 11) is 0. The van der Waals surface area contributed by atoms with E-state index in [1.165, 1.54) is 12.1 Å². The Labute approximate surface area is 111 Å². The molecule has 102 valence electrons. The number of nitrogens with one attached hydrogen (secondary N) is 2. The molecule has 1 aromatic carbocycles. The molecule has 0 bridgehead atoms. The third-order valence-corrected chi connectivity index (χ3v) is 2.32. The molecule has 0 atom stereocenters. The lowest BCUT2D eigenvalue weighted by atomic mass is 10.2. The van der Waals surface area contributed by atoms with E-state index in [4.69, 9.17) is 0 Å². The summed E-state index contributed by atoms with van der Waals surface area (Å²) in [5.74, 6) is -0.503. The van der Waals surface area contributed by atoms with E-state index in [-0.39, 0.29) is 17.3 Å². The summed E-state index contributed by atoms with van der Waals surface area (Å²) in [6.45, 7) is 0. The molecule has 0 aliphatic carbocycles. The van der Waals surface area contributed by atoms with Crippen LogP contribution < -0.4 is 10.6 Å². The third-order valence-electron chi connectivity index (χ3n) is 2.32. The smallest absolute Gasteiger partial charge is 0.295 e. The van der Waals surface area contributed by atoms with Crippen molar-refractivity contribution >= 4 is 29.4 Å². The first-order valence-corrected chi connectivity index (χ1v) is 5.34. The Kier molecular flexibility index (Phi) is 3.80. The Hall–Kier alpha value is -3.10. The largest absolute Gasteiger partial charge is 0.332 e. The summed E-state index contributed by atoms with van der Waals surface area (Å²) in [6, 6.07) is 4.79. The van der Waals surface area contributed by atoms with Crippen molar-refractivity contribution < 1.29 is 14.1 Å². The highest BCUT2D eigenvalue weighted by atomic mass is 19.1. The molecule has 0 aliphatic heterocycles. The number of para-hydroxylation sites is 1. The summed E-state index contributed by atoms with van der Waals surface area (Å²) >= 11 is 0. The van der Waals surface area contributed by atoms with Crippen LogP contribution in [0.1, 0.15) is 0 Å². The molecule has 1 heterocycles. The van der Waals surface area contributed by atoms with Crippen molar-refractivity contribution in [2.45, 2.75) is 0 Å². The van der Waals surface area contributed by atoms with Gasteiger partial charge in [0.1, 0.15) is 18.0 Å². The average Bonchev–Trinajstić information content (AvgIpc) is 2.41. The van der Waals surface area contributed by atoms with Crippen LogP contribution in [0.15, 0.2) is 30.6 Å². The SMILES string of the molecule is O=CNc1cc(Nc2c(F)cccc2[N+](=O)[O-])ncn1. The standard InChI is InChI=1S/C11H8FN5O3/c12-7-2-1-3-8(17(19)20)11(7)16-10-4-9(15-6-18)13-5-14-10/h1-6H,(H2,13,14,15,16,18). The molecule has 1 aromatic heterocycles. The number of hydrogen-bond donors (Lipinski definition) is 2. The second-order valence-corrected chi connectivity index (χ2v) is 3.57. The maximum atomic E-state index is 13.7. The van der Waals surface area contributed by atoms with Crippen LogP contribution in [0, 0.1) is 15.9 Å². The molecule has 0 radical (unpaired) electrons. The first-order valence-electron chi connectivity index (χ1n) is 5.34. The lowest BCUT2D eigenvalue weighted by Gasteiger charge is -2.07. The molecule has 8 nitrogen and oxygen atoms in total.